The van der Waals surface area contributed by atoms with E-state index in [4.69, 9.17) is 0 Å². The molecule has 0 saturated carbocycles. The molecule has 0 saturated heterocycles. The van der Waals surface area contributed by atoms with E-state index in [1.165, 1.54) is 93.9 Å². The van der Waals surface area contributed by atoms with Gasteiger partial charge in [0.1, 0.15) is 0 Å². The predicted molar refractivity (Wildman–Crippen MR) is 254 cm³/mol. The second-order valence-electron chi connectivity index (χ2n) is 17.7. The normalized spacial score (nSPS) is 14.3. The first-order valence-corrected chi connectivity index (χ1v) is 21.2. The molecular weight excluding hydrogens is 725 g/mol. The zero-order valence-electron chi connectivity index (χ0n) is 34.4. The van der Waals surface area contributed by atoms with Crippen LogP contribution < -0.4 is 4.90 Å². The molecule has 12 rings (SSSR count). The molecule has 2 heteroatoms. The van der Waals surface area contributed by atoms with Crippen molar-refractivity contribution in [2.75, 3.05) is 4.90 Å². The van der Waals surface area contributed by atoms with Crippen molar-refractivity contribution in [3.63, 3.8) is 0 Å². The second kappa shape index (κ2) is 12.7. The maximum atomic E-state index is 2.54. The van der Waals surface area contributed by atoms with E-state index < -0.39 is 0 Å². The fourth-order valence-corrected chi connectivity index (χ4v) is 10.8. The smallest absolute Gasteiger partial charge is 0.0543 e. The molecule has 9 aromatic carbocycles. The lowest BCUT2D eigenvalue weighted by atomic mass is 9.82. The summed E-state index contributed by atoms with van der Waals surface area (Å²) in [5.74, 6) is 0. The standard InChI is InChI=1S/C58H44N2/c1-57(2)49-22-11-7-18-43(49)48-35-40(32-33-51(48)57)59(55-27-15-24-52-56(55)46-21-8-12-23-50(46)58(52,3)4)41-34-38-16-5-6-17-42(38)47(36-41)37-28-30-39(31-29-37)60-53-25-13-9-19-44(53)45-20-10-14-26-54(45)60/h5-36H,1-4H3. The number of rotatable bonds is 5. The fourth-order valence-electron chi connectivity index (χ4n) is 10.8. The quantitative estimate of drug-likeness (QED) is 0.169. The van der Waals surface area contributed by atoms with Crippen LogP contribution in [0, 0.1) is 0 Å². The van der Waals surface area contributed by atoms with Gasteiger partial charge in [-0.2, -0.15) is 0 Å². The monoisotopic (exact) mass is 768 g/mol. The highest BCUT2D eigenvalue weighted by Gasteiger charge is 2.39. The summed E-state index contributed by atoms with van der Waals surface area (Å²) < 4.78 is 2.40. The first kappa shape index (κ1) is 34.8. The predicted octanol–water partition coefficient (Wildman–Crippen LogP) is 15.7. The molecule has 0 N–H and O–H groups in total. The van der Waals surface area contributed by atoms with Gasteiger partial charge in [0.05, 0.1) is 16.7 Å². The number of benzene rings is 9. The summed E-state index contributed by atoms with van der Waals surface area (Å²) in [5, 5.41) is 4.99. The highest BCUT2D eigenvalue weighted by molar-refractivity contribution is 6.09. The van der Waals surface area contributed by atoms with E-state index in [0.29, 0.717) is 0 Å². The SMILES string of the molecule is CC1(C)c2ccccc2-c2cc(N(c3cc(-c4ccc(-n5c6ccccc6c6ccccc65)cc4)c4ccccc4c3)c3cccc4c3-c3ccccc3C4(C)C)ccc21. The number of aromatic nitrogens is 1. The van der Waals surface area contributed by atoms with Crippen LogP contribution in [0.5, 0.6) is 0 Å². The van der Waals surface area contributed by atoms with Gasteiger partial charge in [0.25, 0.3) is 0 Å². The van der Waals surface area contributed by atoms with Crippen molar-refractivity contribution in [3.8, 4) is 39.1 Å². The lowest BCUT2D eigenvalue weighted by molar-refractivity contribution is 0.660. The molecule has 0 amide bonds. The van der Waals surface area contributed by atoms with E-state index in [0.717, 1.165) is 17.1 Å². The molecule has 2 nitrogen and oxygen atoms in total. The third kappa shape index (κ3) is 4.88. The van der Waals surface area contributed by atoms with Gasteiger partial charge in [-0.15, -0.1) is 0 Å². The maximum absolute atomic E-state index is 2.54. The maximum Gasteiger partial charge on any atom is 0.0543 e. The average Bonchev–Trinajstić information content (AvgIpc) is 3.83. The zero-order valence-corrected chi connectivity index (χ0v) is 34.4. The lowest BCUT2D eigenvalue weighted by Gasteiger charge is -2.30. The Kier molecular flexibility index (Phi) is 7.36. The molecule has 286 valence electrons. The molecule has 0 unspecified atom stereocenters. The molecule has 2 aliphatic rings. The van der Waals surface area contributed by atoms with Crippen molar-refractivity contribution in [3.05, 3.63) is 216 Å². The largest absolute Gasteiger partial charge is 0.310 e. The molecule has 10 aromatic rings. The Morgan fingerprint density at radius 1 is 0.383 bits per heavy atom. The van der Waals surface area contributed by atoms with E-state index in [9.17, 15) is 0 Å². The molecule has 0 bridgehead atoms. The molecule has 0 radical (unpaired) electrons. The van der Waals surface area contributed by atoms with Crippen LogP contribution in [0.15, 0.2) is 194 Å². The van der Waals surface area contributed by atoms with Crippen LogP contribution in [0.25, 0.3) is 71.6 Å². The first-order valence-electron chi connectivity index (χ1n) is 21.2. The summed E-state index contributed by atoms with van der Waals surface area (Å²) >= 11 is 0. The minimum Gasteiger partial charge on any atom is -0.310 e. The number of para-hydroxylation sites is 2. The van der Waals surface area contributed by atoms with E-state index in [-0.39, 0.29) is 10.8 Å². The third-order valence-corrected chi connectivity index (χ3v) is 13.8. The van der Waals surface area contributed by atoms with Crippen LogP contribution in [-0.4, -0.2) is 4.57 Å². The number of hydrogen-bond acceptors (Lipinski definition) is 1. The van der Waals surface area contributed by atoms with Crippen molar-refractivity contribution in [2.24, 2.45) is 0 Å². The van der Waals surface area contributed by atoms with Crippen LogP contribution in [0.1, 0.15) is 49.9 Å². The van der Waals surface area contributed by atoms with E-state index in [1.54, 1.807) is 0 Å². The van der Waals surface area contributed by atoms with Gasteiger partial charge in [-0.1, -0.05) is 167 Å². The van der Waals surface area contributed by atoms with Crippen molar-refractivity contribution in [1.29, 1.82) is 0 Å². The molecule has 1 aromatic heterocycles. The third-order valence-electron chi connectivity index (χ3n) is 13.8. The average molecular weight is 769 g/mol. The second-order valence-corrected chi connectivity index (χ2v) is 17.7. The Balaban J connectivity index is 1.08. The number of anilines is 3. The van der Waals surface area contributed by atoms with E-state index in [1.807, 2.05) is 0 Å². The van der Waals surface area contributed by atoms with Crippen LogP contribution >= 0.6 is 0 Å². The molecule has 0 fully saturated rings. The van der Waals surface area contributed by atoms with Crippen LogP contribution in [0.2, 0.25) is 0 Å². The van der Waals surface area contributed by atoms with Gasteiger partial charge in [0.15, 0.2) is 0 Å². The van der Waals surface area contributed by atoms with Gasteiger partial charge >= 0.3 is 0 Å². The highest BCUT2D eigenvalue weighted by atomic mass is 15.1. The topological polar surface area (TPSA) is 8.17 Å². The molecule has 2 aliphatic carbocycles. The minimum atomic E-state index is -0.124. The number of nitrogens with zero attached hydrogens (tertiary/aromatic N) is 2. The Bertz CT molecular complexity index is 3320. The Morgan fingerprint density at radius 2 is 0.933 bits per heavy atom. The number of hydrogen-bond donors (Lipinski definition) is 0. The summed E-state index contributed by atoms with van der Waals surface area (Å²) in [4.78, 5) is 2.54. The number of fused-ring (bicyclic) bond motifs is 10. The fraction of sp³-hybridized carbons (Fsp3) is 0.103. The Hall–Kier alpha value is -7.16. The summed E-state index contributed by atoms with van der Waals surface area (Å²) in [6.45, 7) is 9.47. The molecule has 1 heterocycles. The van der Waals surface area contributed by atoms with Gasteiger partial charge in [0, 0.05) is 44.2 Å². The van der Waals surface area contributed by atoms with E-state index >= 15 is 0 Å². The van der Waals surface area contributed by atoms with Gasteiger partial charge in [-0.25, -0.2) is 0 Å². The van der Waals surface area contributed by atoms with Crippen LogP contribution in [0.4, 0.5) is 17.1 Å². The minimum absolute atomic E-state index is 0.0756. The first-order chi connectivity index (χ1) is 29.3. The Labute approximate surface area is 351 Å². The molecular formula is C58H44N2. The van der Waals surface area contributed by atoms with Gasteiger partial charge in [-0.05, 0) is 115 Å². The molecule has 0 aliphatic heterocycles. The van der Waals surface area contributed by atoms with Crippen molar-refractivity contribution < 1.29 is 0 Å². The lowest BCUT2D eigenvalue weighted by Crippen LogP contribution is -2.16. The van der Waals surface area contributed by atoms with Crippen LogP contribution in [-0.2, 0) is 10.8 Å². The van der Waals surface area contributed by atoms with Crippen molar-refractivity contribution in [1.82, 2.24) is 4.57 Å². The zero-order chi connectivity index (χ0) is 40.3. The summed E-state index contributed by atoms with van der Waals surface area (Å²) in [7, 11) is 0. The molecule has 0 spiro atoms. The summed E-state index contributed by atoms with van der Waals surface area (Å²) in [5.41, 5.74) is 20.0. The van der Waals surface area contributed by atoms with Gasteiger partial charge in [0.2, 0.25) is 0 Å². The Morgan fingerprint density at radius 3 is 1.67 bits per heavy atom. The van der Waals surface area contributed by atoms with Gasteiger partial charge < -0.3 is 9.47 Å². The van der Waals surface area contributed by atoms with E-state index in [2.05, 4.69) is 231 Å². The van der Waals surface area contributed by atoms with Crippen molar-refractivity contribution >= 4 is 49.6 Å². The summed E-state index contributed by atoms with van der Waals surface area (Å²) in [6, 6.07) is 72.4. The van der Waals surface area contributed by atoms with Crippen molar-refractivity contribution in [2.45, 2.75) is 38.5 Å². The highest BCUT2D eigenvalue weighted by Crippen LogP contribution is 2.56. The van der Waals surface area contributed by atoms with Crippen LogP contribution in [0.3, 0.4) is 0 Å². The van der Waals surface area contributed by atoms with Gasteiger partial charge in [-0.3, -0.25) is 0 Å². The summed E-state index contributed by atoms with van der Waals surface area (Å²) in [6.07, 6.45) is 0. The molecule has 0 atom stereocenters. The molecule has 60 heavy (non-hydrogen) atoms.